The summed E-state index contributed by atoms with van der Waals surface area (Å²) in [5.41, 5.74) is 1.84. The van der Waals surface area contributed by atoms with E-state index in [1.165, 1.54) is 12.1 Å². The van der Waals surface area contributed by atoms with Crippen molar-refractivity contribution in [2.75, 3.05) is 0 Å². The zero-order valence-corrected chi connectivity index (χ0v) is 9.81. The molecule has 2 aromatic carbocycles. The summed E-state index contributed by atoms with van der Waals surface area (Å²) < 4.78 is 13.6. The fourth-order valence-electron chi connectivity index (χ4n) is 1.70. The van der Waals surface area contributed by atoms with Crippen molar-refractivity contribution in [3.05, 3.63) is 64.8 Å². The topological polar surface area (TPSA) is 28.1 Å². The molecule has 0 aliphatic heterocycles. The molecule has 2 nitrogen and oxygen atoms in total. The maximum absolute atomic E-state index is 13.6. The number of rotatable bonds is 1. The van der Waals surface area contributed by atoms with Gasteiger partial charge >= 0.3 is 0 Å². The lowest BCUT2D eigenvalue weighted by atomic mass is 10.0. The molecule has 0 fully saturated rings. The van der Waals surface area contributed by atoms with Gasteiger partial charge in [0.05, 0.1) is 12.1 Å². The van der Waals surface area contributed by atoms with Crippen molar-refractivity contribution in [3.8, 4) is 29.5 Å². The molecule has 0 heterocycles. The quantitative estimate of drug-likeness (QED) is 0.554. The first-order chi connectivity index (χ1) is 9.19. The van der Waals surface area contributed by atoms with Crippen LogP contribution in [0.4, 0.5) is 10.1 Å². The van der Waals surface area contributed by atoms with Gasteiger partial charge in [0.1, 0.15) is 11.9 Å². The third-order valence-corrected chi connectivity index (χ3v) is 2.68. The summed E-state index contributed by atoms with van der Waals surface area (Å²) in [5, 5.41) is 8.87. The number of hydrogen-bond donors (Lipinski definition) is 0. The van der Waals surface area contributed by atoms with Crippen LogP contribution in [0.15, 0.2) is 36.4 Å². The fourth-order valence-corrected chi connectivity index (χ4v) is 1.70. The standard InChI is InChI=1S/C16H7FN2/c1-3-11-4-6-12(7-5-11)13-8-14(10-18)16(17)15(9-13)19-2/h1,4-9H. The molecule has 0 saturated carbocycles. The average Bonchev–Trinajstić information content (AvgIpc) is 2.47. The third-order valence-electron chi connectivity index (χ3n) is 2.68. The third kappa shape index (κ3) is 2.29. The molecule has 0 radical (unpaired) electrons. The van der Waals surface area contributed by atoms with Crippen molar-refractivity contribution in [3.63, 3.8) is 0 Å². The monoisotopic (exact) mass is 246 g/mol. The molecular formula is C16H7FN2. The van der Waals surface area contributed by atoms with Crippen LogP contribution in [-0.2, 0) is 0 Å². The van der Waals surface area contributed by atoms with E-state index in [1.54, 1.807) is 30.3 Å². The van der Waals surface area contributed by atoms with E-state index >= 15 is 0 Å². The Hall–Kier alpha value is -3.09. The molecule has 88 valence electrons. The molecule has 0 aliphatic carbocycles. The highest BCUT2D eigenvalue weighted by Crippen LogP contribution is 2.29. The van der Waals surface area contributed by atoms with Crippen LogP contribution in [0.3, 0.4) is 0 Å². The van der Waals surface area contributed by atoms with Gasteiger partial charge in [-0.15, -0.1) is 6.42 Å². The SMILES string of the molecule is [C-]#[N+]c1cc(-c2ccc(C#C)cc2)cc(C#N)c1F. The molecule has 2 aromatic rings. The maximum atomic E-state index is 13.6. The van der Waals surface area contributed by atoms with E-state index in [0.29, 0.717) is 5.56 Å². The summed E-state index contributed by atoms with van der Waals surface area (Å²) in [6, 6.07) is 11.7. The van der Waals surface area contributed by atoms with Crippen molar-refractivity contribution in [2.24, 2.45) is 0 Å². The van der Waals surface area contributed by atoms with E-state index in [1.807, 2.05) is 0 Å². The predicted molar refractivity (Wildman–Crippen MR) is 70.7 cm³/mol. The van der Waals surface area contributed by atoms with E-state index in [4.69, 9.17) is 18.3 Å². The summed E-state index contributed by atoms with van der Waals surface area (Å²) in [5.74, 6) is 1.72. The van der Waals surface area contributed by atoms with Crippen LogP contribution in [0.1, 0.15) is 11.1 Å². The van der Waals surface area contributed by atoms with Crippen LogP contribution in [0, 0.1) is 36.1 Å². The van der Waals surface area contributed by atoms with Crippen molar-refractivity contribution >= 4 is 5.69 Å². The van der Waals surface area contributed by atoms with Crippen LogP contribution in [0.25, 0.3) is 16.0 Å². The lowest BCUT2D eigenvalue weighted by molar-refractivity contribution is 0.630. The highest BCUT2D eigenvalue weighted by molar-refractivity contribution is 5.72. The van der Waals surface area contributed by atoms with Gasteiger partial charge < -0.3 is 0 Å². The number of nitrogens with zero attached hydrogens (tertiary/aromatic N) is 2. The molecule has 0 saturated heterocycles. The molecule has 0 atom stereocenters. The van der Waals surface area contributed by atoms with E-state index < -0.39 is 5.82 Å². The van der Waals surface area contributed by atoms with Gasteiger partial charge in [-0.2, -0.15) is 5.26 Å². The Bertz CT molecular complexity index is 718. The second-order valence-corrected chi connectivity index (χ2v) is 3.80. The van der Waals surface area contributed by atoms with Gasteiger partial charge in [-0.3, -0.25) is 0 Å². The summed E-state index contributed by atoms with van der Waals surface area (Å²) in [7, 11) is 0. The molecular weight excluding hydrogens is 239 g/mol. The zero-order valence-electron chi connectivity index (χ0n) is 9.81. The minimum Gasteiger partial charge on any atom is -0.235 e. The zero-order chi connectivity index (χ0) is 13.8. The Morgan fingerprint density at radius 3 is 2.37 bits per heavy atom. The first-order valence-electron chi connectivity index (χ1n) is 5.37. The van der Waals surface area contributed by atoms with Gasteiger partial charge in [-0.25, -0.2) is 9.24 Å². The minimum absolute atomic E-state index is 0.135. The number of hydrogen-bond acceptors (Lipinski definition) is 1. The Labute approximate surface area is 110 Å². The number of halogens is 1. The van der Waals surface area contributed by atoms with Crippen molar-refractivity contribution in [2.45, 2.75) is 0 Å². The van der Waals surface area contributed by atoms with Crippen LogP contribution >= 0.6 is 0 Å². The Balaban J connectivity index is 2.60. The van der Waals surface area contributed by atoms with E-state index in [-0.39, 0.29) is 11.3 Å². The average molecular weight is 246 g/mol. The summed E-state index contributed by atoms with van der Waals surface area (Å²) in [4.78, 5) is 3.09. The second-order valence-electron chi connectivity index (χ2n) is 3.80. The van der Waals surface area contributed by atoms with Crippen LogP contribution < -0.4 is 0 Å². The molecule has 3 heteroatoms. The Morgan fingerprint density at radius 2 is 1.84 bits per heavy atom. The van der Waals surface area contributed by atoms with Gasteiger partial charge in [0, 0.05) is 5.56 Å². The molecule has 19 heavy (non-hydrogen) atoms. The predicted octanol–water partition coefficient (Wildman–Crippen LogP) is 3.90. The minimum atomic E-state index is -0.776. The van der Waals surface area contributed by atoms with Crippen LogP contribution in [-0.4, -0.2) is 0 Å². The summed E-state index contributed by atoms with van der Waals surface area (Å²) in [6.45, 7) is 6.93. The Morgan fingerprint density at radius 1 is 1.16 bits per heavy atom. The van der Waals surface area contributed by atoms with Gasteiger partial charge in [0.2, 0.25) is 5.69 Å². The molecule has 0 aliphatic rings. The van der Waals surface area contributed by atoms with Gasteiger partial charge in [0.25, 0.3) is 0 Å². The first kappa shape index (κ1) is 12.4. The summed E-state index contributed by atoms with van der Waals surface area (Å²) in [6.07, 6.45) is 5.27. The lowest BCUT2D eigenvalue weighted by Gasteiger charge is -2.05. The molecule has 2 rings (SSSR count). The van der Waals surface area contributed by atoms with Crippen molar-refractivity contribution < 1.29 is 4.39 Å². The molecule has 0 amide bonds. The highest BCUT2D eigenvalue weighted by atomic mass is 19.1. The molecule has 0 unspecified atom stereocenters. The molecule has 0 spiro atoms. The fraction of sp³-hybridized carbons (Fsp3) is 0. The largest absolute Gasteiger partial charge is 0.235 e. The normalized spacial score (nSPS) is 9.16. The van der Waals surface area contributed by atoms with Crippen molar-refractivity contribution in [1.82, 2.24) is 0 Å². The van der Waals surface area contributed by atoms with Crippen molar-refractivity contribution in [1.29, 1.82) is 5.26 Å². The molecule has 0 aromatic heterocycles. The van der Waals surface area contributed by atoms with E-state index in [0.717, 1.165) is 11.1 Å². The van der Waals surface area contributed by atoms with E-state index in [9.17, 15) is 4.39 Å². The molecule has 0 N–H and O–H groups in total. The smallest absolute Gasteiger partial charge is 0.224 e. The molecule has 0 bridgehead atoms. The van der Waals surface area contributed by atoms with Gasteiger partial charge in [-0.05, 0) is 35.4 Å². The van der Waals surface area contributed by atoms with E-state index in [2.05, 4.69) is 10.8 Å². The van der Waals surface area contributed by atoms with Gasteiger partial charge in [-0.1, -0.05) is 18.1 Å². The highest BCUT2D eigenvalue weighted by Gasteiger charge is 2.11. The second kappa shape index (κ2) is 5.05. The number of terminal acetylenes is 1. The number of nitriles is 1. The number of benzene rings is 2. The van der Waals surface area contributed by atoms with Crippen LogP contribution in [0.5, 0.6) is 0 Å². The Kier molecular flexibility index (Phi) is 3.29. The lowest BCUT2D eigenvalue weighted by Crippen LogP contribution is -1.87. The van der Waals surface area contributed by atoms with Gasteiger partial charge in [0.15, 0.2) is 0 Å². The maximum Gasteiger partial charge on any atom is 0.224 e. The summed E-state index contributed by atoms with van der Waals surface area (Å²) >= 11 is 0. The first-order valence-corrected chi connectivity index (χ1v) is 5.37. The van der Waals surface area contributed by atoms with Crippen LogP contribution in [0.2, 0.25) is 0 Å².